The molecule has 0 radical (unpaired) electrons. The molecule has 0 aliphatic heterocycles. The minimum Gasteiger partial charge on any atom is -0.507 e. The largest absolute Gasteiger partial charge is 0.507 e. The molecule has 0 unspecified atom stereocenters. The summed E-state index contributed by atoms with van der Waals surface area (Å²) in [4.78, 5) is 0. The topological polar surface area (TPSA) is 80.9 Å². The molecular formula is C52H66O4. The van der Waals surface area contributed by atoms with Crippen molar-refractivity contribution < 1.29 is 20.4 Å². The monoisotopic (exact) mass is 754 g/mol. The second kappa shape index (κ2) is 14.0. The van der Waals surface area contributed by atoms with E-state index in [9.17, 15) is 20.4 Å². The van der Waals surface area contributed by atoms with E-state index >= 15 is 0 Å². The van der Waals surface area contributed by atoms with Crippen molar-refractivity contribution in [1.82, 2.24) is 0 Å². The first-order valence-electron chi connectivity index (χ1n) is 20.0. The summed E-state index contributed by atoms with van der Waals surface area (Å²) in [5, 5.41) is 46.7. The molecule has 0 amide bonds. The Morgan fingerprint density at radius 2 is 0.643 bits per heavy atom. The van der Waals surface area contributed by atoms with Crippen molar-refractivity contribution in [2.75, 3.05) is 0 Å². The summed E-state index contributed by atoms with van der Waals surface area (Å²) in [7, 11) is 0. The number of hydrogen-bond donors (Lipinski definition) is 4. The second-order valence-electron chi connectivity index (χ2n) is 20.6. The molecule has 5 aromatic carbocycles. The van der Waals surface area contributed by atoms with Gasteiger partial charge in [-0.25, -0.2) is 0 Å². The summed E-state index contributed by atoms with van der Waals surface area (Å²) < 4.78 is 0. The van der Waals surface area contributed by atoms with Crippen molar-refractivity contribution in [3.05, 3.63) is 139 Å². The second-order valence-corrected chi connectivity index (χ2v) is 20.6. The zero-order valence-electron chi connectivity index (χ0n) is 37.1. The zero-order valence-corrected chi connectivity index (χ0v) is 37.1. The molecule has 4 heteroatoms. The molecule has 4 nitrogen and oxygen atoms in total. The molecule has 4 N–H and O–H groups in total. The lowest BCUT2D eigenvalue weighted by Crippen LogP contribution is -2.34. The van der Waals surface area contributed by atoms with Crippen LogP contribution < -0.4 is 0 Å². The lowest BCUT2D eigenvalue weighted by molar-refractivity contribution is 0.440. The Kier molecular flexibility index (Phi) is 10.6. The van der Waals surface area contributed by atoms with Crippen molar-refractivity contribution in [3.63, 3.8) is 0 Å². The maximum absolute atomic E-state index is 11.7. The van der Waals surface area contributed by atoms with Crippen LogP contribution in [-0.4, -0.2) is 20.4 Å². The fourth-order valence-electron chi connectivity index (χ4n) is 8.40. The maximum atomic E-state index is 11.7. The van der Waals surface area contributed by atoms with Gasteiger partial charge in [0.05, 0.1) is 5.41 Å². The Morgan fingerprint density at radius 1 is 0.339 bits per heavy atom. The van der Waals surface area contributed by atoms with Crippen LogP contribution >= 0.6 is 0 Å². The fourth-order valence-corrected chi connectivity index (χ4v) is 8.40. The van der Waals surface area contributed by atoms with Gasteiger partial charge in [-0.15, -0.1) is 0 Å². The lowest BCUT2D eigenvalue weighted by atomic mass is 9.60. The Labute approximate surface area is 337 Å². The van der Waals surface area contributed by atoms with E-state index in [0.717, 1.165) is 83.5 Å². The molecule has 0 heterocycles. The molecule has 0 spiro atoms. The Morgan fingerprint density at radius 3 is 0.964 bits per heavy atom. The molecule has 298 valence electrons. The van der Waals surface area contributed by atoms with Crippen molar-refractivity contribution in [3.8, 4) is 34.1 Å². The van der Waals surface area contributed by atoms with Gasteiger partial charge in [-0.1, -0.05) is 125 Å². The first-order valence-corrected chi connectivity index (χ1v) is 20.0. The van der Waals surface area contributed by atoms with Crippen LogP contribution in [0.2, 0.25) is 0 Å². The van der Waals surface area contributed by atoms with Gasteiger partial charge in [-0.2, -0.15) is 0 Å². The third-order valence-electron chi connectivity index (χ3n) is 11.6. The molecule has 0 aliphatic carbocycles. The van der Waals surface area contributed by atoms with Gasteiger partial charge in [0.15, 0.2) is 0 Å². The number of aryl methyl sites for hydroxylation is 5. The quantitative estimate of drug-likeness (QED) is 0.135. The van der Waals surface area contributed by atoms with Gasteiger partial charge in [-0.05, 0) is 159 Å². The van der Waals surface area contributed by atoms with Crippen LogP contribution in [0.1, 0.15) is 155 Å². The first-order chi connectivity index (χ1) is 25.5. The van der Waals surface area contributed by atoms with Crippen molar-refractivity contribution in [2.45, 2.75) is 145 Å². The summed E-state index contributed by atoms with van der Waals surface area (Å²) in [6, 6.07) is 23.8. The van der Waals surface area contributed by atoms with E-state index in [1.165, 1.54) is 0 Å². The third-order valence-corrected chi connectivity index (χ3v) is 11.6. The Hall–Kier alpha value is -4.70. The van der Waals surface area contributed by atoms with E-state index in [0.29, 0.717) is 5.75 Å². The van der Waals surface area contributed by atoms with Gasteiger partial charge < -0.3 is 20.4 Å². The van der Waals surface area contributed by atoms with Crippen LogP contribution in [0.25, 0.3) is 11.1 Å². The molecule has 5 aromatic rings. The predicted molar refractivity (Wildman–Crippen MR) is 235 cm³/mol. The van der Waals surface area contributed by atoms with E-state index in [1.807, 2.05) is 27.7 Å². The maximum Gasteiger partial charge on any atom is 0.122 e. The molecule has 56 heavy (non-hydrogen) atoms. The first kappa shape index (κ1) is 42.4. The highest BCUT2D eigenvalue weighted by molar-refractivity contribution is 5.79. The Balaban J connectivity index is 2.21. The van der Waals surface area contributed by atoms with Gasteiger partial charge in [0.1, 0.15) is 23.0 Å². The molecule has 0 aromatic heterocycles. The highest BCUT2D eigenvalue weighted by atomic mass is 16.3. The average Bonchev–Trinajstić information content (AvgIpc) is 3.05. The number of hydrogen-bond acceptors (Lipinski definition) is 4. The predicted octanol–water partition coefficient (Wildman–Crippen LogP) is 13.3. The van der Waals surface area contributed by atoms with E-state index in [4.69, 9.17) is 0 Å². The van der Waals surface area contributed by atoms with E-state index in [2.05, 4.69) is 157 Å². The van der Waals surface area contributed by atoms with Crippen molar-refractivity contribution in [2.24, 2.45) is 0 Å². The highest BCUT2D eigenvalue weighted by Gasteiger charge is 2.44. The van der Waals surface area contributed by atoms with Crippen LogP contribution in [0.15, 0.2) is 66.7 Å². The number of phenols is 4. The lowest BCUT2D eigenvalue weighted by Gasteiger charge is -2.41. The molecule has 0 fully saturated rings. The zero-order chi connectivity index (χ0) is 42.2. The normalized spacial score (nSPS) is 13.0. The van der Waals surface area contributed by atoms with Gasteiger partial charge >= 0.3 is 0 Å². The Bertz CT molecular complexity index is 2160. The van der Waals surface area contributed by atoms with E-state index in [1.54, 1.807) is 0 Å². The van der Waals surface area contributed by atoms with Crippen LogP contribution in [0.5, 0.6) is 23.0 Å². The molecule has 0 aliphatic rings. The fraction of sp³-hybridized carbons (Fsp3) is 0.423. The smallest absolute Gasteiger partial charge is 0.122 e. The van der Waals surface area contributed by atoms with Crippen LogP contribution in [0, 0.1) is 34.6 Å². The summed E-state index contributed by atoms with van der Waals surface area (Å²) in [5.41, 5.74) is 10.9. The standard InChI is InChI=1S/C52H66O4/c1-29-18-19-39(38(20-29)34-21-30(2)44(53)40(25-34)48(6,7)8)52(35-22-31(3)45(54)41(26-35)49(9,10)11,36-23-32(4)46(55)42(27-36)50(12,13)14)37-24-33(5)47(56)43(28-37)51(15,16)17/h18-28,53-56H,1-17H3. The SMILES string of the molecule is Cc1ccc(C(c2cc(C)c(O)c(C(C)(C)C)c2)(c2cc(C)c(O)c(C(C)(C)C)c2)c2cc(C)c(O)c(C(C)(C)C)c2)c(-c2cc(C)c(O)c(C(C)(C)C)c2)c1. The van der Waals surface area contributed by atoms with Crippen LogP contribution in [0.4, 0.5) is 0 Å². The number of benzene rings is 5. The van der Waals surface area contributed by atoms with Crippen molar-refractivity contribution >= 4 is 0 Å². The highest BCUT2D eigenvalue weighted by Crippen LogP contribution is 2.54. The number of rotatable bonds is 5. The average molecular weight is 755 g/mol. The molecule has 0 saturated carbocycles. The van der Waals surface area contributed by atoms with Gasteiger partial charge in [0.25, 0.3) is 0 Å². The van der Waals surface area contributed by atoms with Crippen molar-refractivity contribution in [1.29, 1.82) is 0 Å². The molecular weight excluding hydrogens is 689 g/mol. The third kappa shape index (κ3) is 7.44. The number of aromatic hydroxyl groups is 4. The number of phenolic OH excluding ortho intramolecular Hbond substituents is 4. The molecule has 0 bridgehead atoms. The van der Waals surface area contributed by atoms with Crippen LogP contribution in [-0.2, 0) is 27.1 Å². The van der Waals surface area contributed by atoms with Gasteiger partial charge in [0.2, 0.25) is 0 Å². The van der Waals surface area contributed by atoms with Gasteiger partial charge in [-0.3, -0.25) is 0 Å². The van der Waals surface area contributed by atoms with E-state index in [-0.39, 0.29) is 22.7 Å². The summed E-state index contributed by atoms with van der Waals surface area (Å²) in [5.74, 6) is 1.13. The summed E-state index contributed by atoms with van der Waals surface area (Å²) in [6.07, 6.45) is 0. The van der Waals surface area contributed by atoms with Crippen LogP contribution in [0.3, 0.4) is 0 Å². The minimum atomic E-state index is -1.05. The molecule has 0 atom stereocenters. The summed E-state index contributed by atoms with van der Waals surface area (Å²) >= 11 is 0. The molecule has 5 rings (SSSR count). The molecule has 0 saturated heterocycles. The minimum absolute atomic E-state index is 0.276. The van der Waals surface area contributed by atoms with E-state index < -0.39 is 21.7 Å². The van der Waals surface area contributed by atoms with Gasteiger partial charge in [0, 0.05) is 5.56 Å². The summed E-state index contributed by atoms with van der Waals surface area (Å²) in [6.45, 7) is 35.5.